The first-order valence-electron chi connectivity index (χ1n) is 21.1. The summed E-state index contributed by atoms with van der Waals surface area (Å²) in [4.78, 5) is 12.5. The number of nitrogens with one attached hydrogen (secondary N) is 1. The third kappa shape index (κ3) is 39.0. The zero-order chi connectivity index (χ0) is 38.2. The van der Waals surface area contributed by atoms with E-state index in [0.29, 0.717) is 12.8 Å². The van der Waals surface area contributed by atoms with Crippen LogP contribution in [0.15, 0.2) is 72.9 Å². The lowest BCUT2D eigenvalue weighted by molar-refractivity contribution is -0.122. The fourth-order valence-corrected chi connectivity index (χ4v) is 6.63. The molecule has 0 aliphatic rings. The van der Waals surface area contributed by atoms with Crippen LogP contribution in [0, 0.1) is 0 Å². The minimum atomic E-state index is -4.37. The smallest absolute Gasteiger partial charge is 0.267 e. The van der Waals surface area contributed by atoms with Gasteiger partial charge in [0, 0.05) is 6.42 Å². The number of aliphatic hydroxyl groups excluding tert-OH is 1. The Morgan fingerprint density at radius 2 is 0.885 bits per heavy atom. The summed E-state index contributed by atoms with van der Waals surface area (Å²) < 4.78 is 32.5. The molecule has 0 saturated heterocycles. The Bertz CT molecular complexity index is 1090. The van der Waals surface area contributed by atoms with Gasteiger partial charge in [0.25, 0.3) is 10.1 Å². The summed E-state index contributed by atoms with van der Waals surface area (Å²) in [7, 11) is -4.37. The maximum Gasteiger partial charge on any atom is 0.267 e. The van der Waals surface area contributed by atoms with Gasteiger partial charge >= 0.3 is 0 Å². The molecule has 0 aromatic heterocycles. The lowest BCUT2D eigenvalue weighted by Crippen LogP contribution is -2.46. The van der Waals surface area contributed by atoms with Crippen molar-refractivity contribution in [2.45, 2.75) is 199 Å². The lowest BCUT2D eigenvalue weighted by Gasteiger charge is -2.21. The molecule has 0 aliphatic heterocycles. The lowest BCUT2D eigenvalue weighted by atomic mass is 10.1. The number of amides is 1. The molecule has 0 spiro atoms. The average Bonchev–Trinajstić information content (AvgIpc) is 3.11. The highest BCUT2D eigenvalue weighted by molar-refractivity contribution is 7.85. The van der Waals surface area contributed by atoms with Gasteiger partial charge < -0.3 is 10.4 Å². The van der Waals surface area contributed by atoms with E-state index in [2.05, 4.69) is 79.9 Å². The number of allylic oxidation sites excluding steroid dienone is 11. The van der Waals surface area contributed by atoms with Gasteiger partial charge in [-0.1, -0.05) is 170 Å². The van der Waals surface area contributed by atoms with Gasteiger partial charge in [0.15, 0.2) is 0 Å². The fourth-order valence-electron chi connectivity index (χ4n) is 5.90. The summed E-state index contributed by atoms with van der Waals surface area (Å²) in [6, 6.07) is -1.09. The van der Waals surface area contributed by atoms with Gasteiger partial charge in [-0.15, -0.1) is 0 Å². The van der Waals surface area contributed by atoms with E-state index in [1.165, 1.54) is 89.5 Å². The zero-order valence-electron chi connectivity index (χ0n) is 33.4. The molecule has 7 heteroatoms. The normalized spacial score (nSPS) is 14.0. The molecule has 300 valence electrons. The molecule has 0 radical (unpaired) electrons. The van der Waals surface area contributed by atoms with Crippen molar-refractivity contribution < 1.29 is 22.9 Å². The van der Waals surface area contributed by atoms with Crippen LogP contribution in [-0.4, -0.2) is 41.9 Å². The van der Waals surface area contributed by atoms with Crippen LogP contribution in [0.5, 0.6) is 0 Å². The number of carbonyl (C=O) groups is 1. The Labute approximate surface area is 321 Å². The molecule has 0 aromatic carbocycles. The highest BCUT2D eigenvalue weighted by Crippen LogP contribution is 2.12. The molecule has 52 heavy (non-hydrogen) atoms. The maximum absolute atomic E-state index is 12.5. The number of aliphatic hydroxyl groups is 1. The van der Waals surface area contributed by atoms with Crippen LogP contribution >= 0.6 is 0 Å². The summed E-state index contributed by atoms with van der Waals surface area (Å²) in [5.74, 6) is -1.03. The molecular formula is C45H79NO5S. The van der Waals surface area contributed by atoms with E-state index in [1.54, 1.807) is 6.08 Å². The monoisotopic (exact) mass is 746 g/mol. The third-order valence-electron chi connectivity index (χ3n) is 9.08. The van der Waals surface area contributed by atoms with Crippen molar-refractivity contribution in [3.63, 3.8) is 0 Å². The summed E-state index contributed by atoms with van der Waals surface area (Å²) in [6.45, 7) is 4.49. The van der Waals surface area contributed by atoms with E-state index in [9.17, 15) is 22.9 Å². The Balaban J connectivity index is 4.04. The fraction of sp³-hybridized carbons (Fsp3) is 0.711. The number of rotatable bonds is 37. The van der Waals surface area contributed by atoms with Crippen LogP contribution in [-0.2, 0) is 14.9 Å². The Hall–Kier alpha value is -2.22. The van der Waals surface area contributed by atoms with Crippen LogP contribution in [0.3, 0.4) is 0 Å². The summed E-state index contributed by atoms with van der Waals surface area (Å²) in [5, 5.41) is 13.2. The predicted molar refractivity (Wildman–Crippen MR) is 225 cm³/mol. The molecule has 0 aliphatic carbocycles. The Morgan fingerprint density at radius 3 is 1.38 bits per heavy atom. The Kier molecular flexibility index (Phi) is 36.9. The molecule has 0 heterocycles. The average molecular weight is 746 g/mol. The SMILES string of the molecule is CCCCC/C=C\C/C=C\C/C=C\CCCCCCCCC(=O)NC(CS(=O)(=O)O)C(O)/C=C/CC/C=C/CC/C=C/CCCCCCCCCC. The van der Waals surface area contributed by atoms with Crippen molar-refractivity contribution in [3.05, 3.63) is 72.9 Å². The second kappa shape index (κ2) is 38.5. The van der Waals surface area contributed by atoms with E-state index in [-0.39, 0.29) is 12.3 Å². The van der Waals surface area contributed by atoms with Crippen molar-refractivity contribution in [1.82, 2.24) is 5.32 Å². The Morgan fingerprint density at radius 1 is 0.519 bits per heavy atom. The standard InChI is InChI=1S/C45H79NO5S/c1-3-5-7-9-11-13-15-17-19-21-23-25-27-29-31-33-35-37-39-41-45(48)46-43(42-52(49,50)51)44(47)40-38-36-34-32-30-28-26-24-22-20-18-16-14-12-10-8-6-4-2/h11,13,17,19,22-25,30,32,38,40,43-44,47H,3-10,12,14-16,18,20-21,26-29,31,33-37,39,41-42H2,1-2H3,(H,46,48)(H,49,50,51)/b13-11-,19-17-,24-22+,25-23-,32-30+,40-38+. The van der Waals surface area contributed by atoms with E-state index >= 15 is 0 Å². The first kappa shape index (κ1) is 49.8. The molecule has 0 fully saturated rings. The quantitative estimate of drug-likeness (QED) is 0.0334. The first-order chi connectivity index (χ1) is 25.3. The number of unbranched alkanes of at least 4 members (excludes halogenated alkanes) is 19. The second-order valence-corrected chi connectivity index (χ2v) is 15.7. The van der Waals surface area contributed by atoms with E-state index < -0.39 is 28.0 Å². The highest BCUT2D eigenvalue weighted by atomic mass is 32.2. The van der Waals surface area contributed by atoms with Crippen LogP contribution < -0.4 is 5.32 Å². The molecule has 0 aromatic rings. The predicted octanol–water partition coefficient (Wildman–Crippen LogP) is 12.6. The number of hydrogen-bond acceptors (Lipinski definition) is 4. The van der Waals surface area contributed by atoms with E-state index in [0.717, 1.165) is 70.6 Å². The summed E-state index contributed by atoms with van der Waals surface area (Å²) in [6.07, 6.45) is 54.5. The molecule has 2 unspecified atom stereocenters. The van der Waals surface area contributed by atoms with Gasteiger partial charge in [0.05, 0.1) is 17.9 Å². The van der Waals surface area contributed by atoms with Gasteiger partial charge in [-0.2, -0.15) is 8.42 Å². The maximum atomic E-state index is 12.5. The third-order valence-corrected chi connectivity index (χ3v) is 9.86. The molecule has 3 N–H and O–H groups in total. The minimum Gasteiger partial charge on any atom is -0.387 e. The highest BCUT2D eigenvalue weighted by Gasteiger charge is 2.24. The molecule has 6 nitrogen and oxygen atoms in total. The minimum absolute atomic E-state index is 0.266. The van der Waals surface area contributed by atoms with Crippen molar-refractivity contribution in [1.29, 1.82) is 0 Å². The molecule has 0 rings (SSSR count). The first-order valence-corrected chi connectivity index (χ1v) is 22.7. The second-order valence-electron chi connectivity index (χ2n) is 14.2. The van der Waals surface area contributed by atoms with Crippen molar-refractivity contribution in [2.24, 2.45) is 0 Å². The van der Waals surface area contributed by atoms with Crippen molar-refractivity contribution >= 4 is 16.0 Å². The molecular weight excluding hydrogens is 667 g/mol. The van der Waals surface area contributed by atoms with Gasteiger partial charge in [0.2, 0.25) is 5.91 Å². The van der Waals surface area contributed by atoms with E-state index in [1.807, 2.05) is 0 Å². The summed E-state index contributed by atoms with van der Waals surface area (Å²) in [5.41, 5.74) is 0. The van der Waals surface area contributed by atoms with Gasteiger partial charge in [-0.25, -0.2) is 0 Å². The largest absolute Gasteiger partial charge is 0.387 e. The topological polar surface area (TPSA) is 104 Å². The number of hydrogen-bond donors (Lipinski definition) is 3. The number of carbonyl (C=O) groups excluding carboxylic acids is 1. The van der Waals surface area contributed by atoms with E-state index in [4.69, 9.17) is 0 Å². The molecule has 1 amide bonds. The van der Waals surface area contributed by atoms with Crippen LogP contribution in [0.25, 0.3) is 0 Å². The van der Waals surface area contributed by atoms with Crippen LogP contribution in [0.1, 0.15) is 187 Å². The molecule has 0 bridgehead atoms. The van der Waals surface area contributed by atoms with Gasteiger partial charge in [-0.05, 0) is 83.5 Å². The zero-order valence-corrected chi connectivity index (χ0v) is 34.2. The van der Waals surface area contributed by atoms with Crippen LogP contribution in [0.2, 0.25) is 0 Å². The summed E-state index contributed by atoms with van der Waals surface area (Å²) >= 11 is 0. The molecule has 0 saturated carbocycles. The molecule has 2 atom stereocenters. The van der Waals surface area contributed by atoms with Crippen molar-refractivity contribution in [2.75, 3.05) is 5.75 Å². The van der Waals surface area contributed by atoms with Gasteiger partial charge in [-0.3, -0.25) is 9.35 Å². The van der Waals surface area contributed by atoms with Crippen molar-refractivity contribution in [3.8, 4) is 0 Å². The van der Waals surface area contributed by atoms with Gasteiger partial charge in [0.1, 0.15) is 0 Å². The van der Waals surface area contributed by atoms with Crippen LogP contribution in [0.4, 0.5) is 0 Å².